The van der Waals surface area contributed by atoms with Crippen LogP contribution in [0.25, 0.3) is 0 Å². The molecule has 1 N–H and O–H groups in total. The molecule has 0 aliphatic carbocycles. The molecule has 10 heteroatoms. The van der Waals surface area contributed by atoms with Crippen LogP contribution in [0.4, 0.5) is 10.1 Å². The number of halogens is 2. The van der Waals surface area contributed by atoms with E-state index in [0.29, 0.717) is 21.8 Å². The summed E-state index contributed by atoms with van der Waals surface area (Å²) in [6, 6.07) is 10.2. The minimum atomic E-state index is -3.64. The lowest BCUT2D eigenvalue weighted by atomic mass is 10.1. The van der Waals surface area contributed by atoms with Crippen LogP contribution in [0.1, 0.15) is 51.2 Å². The van der Waals surface area contributed by atoms with Crippen molar-refractivity contribution in [1.29, 1.82) is 0 Å². The quantitative estimate of drug-likeness (QED) is 0.425. The molecule has 0 aliphatic heterocycles. The SMILES string of the molecule is CC[C@H](C)NC(=O)[C@@H](C)N(Cc1ccccc1F)C(=O)CCCN(c1cccc(Cl)c1C)S(C)(=O)=O. The molecule has 0 aliphatic rings. The van der Waals surface area contributed by atoms with Gasteiger partial charge in [-0.2, -0.15) is 0 Å². The van der Waals surface area contributed by atoms with Gasteiger partial charge in [-0.05, 0) is 57.4 Å². The summed E-state index contributed by atoms with van der Waals surface area (Å²) in [5.74, 6) is -1.17. The summed E-state index contributed by atoms with van der Waals surface area (Å²) < 4.78 is 40.6. The van der Waals surface area contributed by atoms with Crippen LogP contribution in [0.3, 0.4) is 0 Å². The van der Waals surface area contributed by atoms with Gasteiger partial charge in [-0.1, -0.05) is 42.8 Å². The highest BCUT2D eigenvalue weighted by molar-refractivity contribution is 7.92. The van der Waals surface area contributed by atoms with E-state index in [0.717, 1.165) is 12.7 Å². The molecule has 2 rings (SSSR count). The number of nitrogens with zero attached hydrogens (tertiary/aromatic N) is 2. The van der Waals surface area contributed by atoms with Gasteiger partial charge in [-0.15, -0.1) is 0 Å². The van der Waals surface area contributed by atoms with Gasteiger partial charge in [-0.3, -0.25) is 13.9 Å². The van der Waals surface area contributed by atoms with Gasteiger partial charge >= 0.3 is 0 Å². The number of amides is 2. The predicted molar refractivity (Wildman–Crippen MR) is 142 cm³/mol. The van der Waals surface area contributed by atoms with E-state index in [9.17, 15) is 22.4 Å². The smallest absolute Gasteiger partial charge is 0.242 e. The molecule has 0 saturated carbocycles. The van der Waals surface area contributed by atoms with E-state index >= 15 is 0 Å². The largest absolute Gasteiger partial charge is 0.352 e. The Hall–Kier alpha value is -2.65. The van der Waals surface area contributed by atoms with E-state index in [2.05, 4.69) is 5.32 Å². The Bertz CT molecular complexity index is 1180. The molecule has 0 saturated heterocycles. The molecule has 0 bridgehead atoms. The molecular weight excluding hydrogens is 505 g/mol. The minimum absolute atomic E-state index is 0.0267. The van der Waals surface area contributed by atoms with Crippen LogP contribution in [0.2, 0.25) is 5.02 Å². The number of rotatable bonds is 12. The number of hydrogen-bond donors (Lipinski definition) is 1. The molecule has 2 amide bonds. The molecule has 0 heterocycles. The fourth-order valence-electron chi connectivity index (χ4n) is 3.71. The highest BCUT2D eigenvalue weighted by Crippen LogP contribution is 2.28. The fourth-order valence-corrected chi connectivity index (χ4v) is 4.89. The Morgan fingerprint density at radius 1 is 1.11 bits per heavy atom. The van der Waals surface area contributed by atoms with E-state index < -0.39 is 21.9 Å². The van der Waals surface area contributed by atoms with E-state index in [1.807, 2.05) is 13.8 Å². The van der Waals surface area contributed by atoms with Crippen LogP contribution in [0.5, 0.6) is 0 Å². The van der Waals surface area contributed by atoms with E-state index in [-0.39, 0.29) is 43.8 Å². The third-order valence-electron chi connectivity index (χ3n) is 6.13. The molecule has 0 aromatic heterocycles. The number of hydrogen-bond acceptors (Lipinski definition) is 4. The lowest BCUT2D eigenvalue weighted by molar-refractivity contribution is -0.141. The Labute approximate surface area is 218 Å². The molecule has 0 spiro atoms. The Kier molecular flexibility index (Phi) is 10.7. The minimum Gasteiger partial charge on any atom is -0.352 e. The topological polar surface area (TPSA) is 86.8 Å². The zero-order valence-corrected chi connectivity index (χ0v) is 23.0. The Morgan fingerprint density at radius 3 is 2.39 bits per heavy atom. The van der Waals surface area contributed by atoms with Crippen molar-refractivity contribution >= 4 is 39.1 Å². The molecule has 2 aromatic carbocycles. The highest BCUT2D eigenvalue weighted by atomic mass is 35.5. The first-order valence-electron chi connectivity index (χ1n) is 11.9. The summed E-state index contributed by atoms with van der Waals surface area (Å²) in [6.07, 6.45) is 2.00. The first-order valence-corrected chi connectivity index (χ1v) is 14.2. The second-order valence-corrected chi connectivity index (χ2v) is 11.2. The van der Waals surface area contributed by atoms with Crippen molar-refractivity contribution < 1.29 is 22.4 Å². The van der Waals surface area contributed by atoms with Gasteiger partial charge in [0.2, 0.25) is 21.8 Å². The monoisotopic (exact) mass is 539 g/mol. The van der Waals surface area contributed by atoms with E-state index in [4.69, 9.17) is 11.6 Å². The van der Waals surface area contributed by atoms with Crippen molar-refractivity contribution in [2.45, 2.75) is 65.6 Å². The van der Waals surface area contributed by atoms with Gasteiger partial charge in [0.25, 0.3) is 0 Å². The predicted octanol–water partition coefficient (Wildman–Crippen LogP) is 4.67. The second-order valence-electron chi connectivity index (χ2n) is 8.93. The molecule has 0 unspecified atom stereocenters. The molecule has 0 radical (unpaired) electrons. The third-order valence-corrected chi connectivity index (χ3v) is 7.72. The normalized spacial score (nSPS) is 13.1. The van der Waals surface area contributed by atoms with Crippen molar-refractivity contribution in [3.63, 3.8) is 0 Å². The average Bonchev–Trinajstić information content (AvgIpc) is 2.82. The lowest BCUT2D eigenvalue weighted by Crippen LogP contribution is -2.49. The van der Waals surface area contributed by atoms with Crippen molar-refractivity contribution in [1.82, 2.24) is 10.2 Å². The molecule has 7 nitrogen and oxygen atoms in total. The highest BCUT2D eigenvalue weighted by Gasteiger charge is 2.28. The summed E-state index contributed by atoms with van der Waals surface area (Å²) in [4.78, 5) is 27.4. The molecule has 0 fully saturated rings. The summed E-state index contributed by atoms with van der Waals surface area (Å²) in [5.41, 5.74) is 1.36. The second kappa shape index (κ2) is 13.1. The van der Waals surface area contributed by atoms with Crippen molar-refractivity contribution in [3.8, 4) is 0 Å². The average molecular weight is 540 g/mol. The molecule has 36 heavy (non-hydrogen) atoms. The lowest BCUT2D eigenvalue weighted by Gasteiger charge is -2.30. The zero-order chi connectivity index (χ0) is 27.0. The molecule has 2 aromatic rings. The van der Waals surface area contributed by atoms with Crippen LogP contribution in [0.15, 0.2) is 42.5 Å². The summed E-state index contributed by atoms with van der Waals surface area (Å²) in [6.45, 7) is 7.11. The van der Waals surface area contributed by atoms with Crippen LogP contribution >= 0.6 is 11.6 Å². The summed E-state index contributed by atoms with van der Waals surface area (Å²) in [5, 5.41) is 3.30. The number of carbonyl (C=O) groups excluding carboxylic acids is 2. The maximum absolute atomic E-state index is 14.4. The first kappa shape index (κ1) is 29.6. The van der Waals surface area contributed by atoms with Crippen LogP contribution < -0.4 is 9.62 Å². The zero-order valence-electron chi connectivity index (χ0n) is 21.4. The Balaban J connectivity index is 2.22. The van der Waals surface area contributed by atoms with Gasteiger partial charge in [-0.25, -0.2) is 12.8 Å². The Morgan fingerprint density at radius 2 is 1.78 bits per heavy atom. The maximum atomic E-state index is 14.4. The summed E-state index contributed by atoms with van der Waals surface area (Å²) in [7, 11) is -3.64. The van der Waals surface area contributed by atoms with E-state index in [1.54, 1.807) is 50.2 Å². The van der Waals surface area contributed by atoms with Gasteiger partial charge in [0.15, 0.2) is 0 Å². The number of nitrogens with one attached hydrogen (secondary N) is 1. The number of anilines is 1. The molecular formula is C26H35ClFN3O4S. The van der Waals surface area contributed by atoms with Gasteiger partial charge < -0.3 is 10.2 Å². The van der Waals surface area contributed by atoms with Gasteiger partial charge in [0, 0.05) is 36.1 Å². The van der Waals surface area contributed by atoms with Gasteiger partial charge in [0.1, 0.15) is 11.9 Å². The fraction of sp³-hybridized carbons (Fsp3) is 0.462. The van der Waals surface area contributed by atoms with E-state index in [1.165, 1.54) is 15.3 Å². The van der Waals surface area contributed by atoms with Crippen LogP contribution in [-0.4, -0.2) is 50.0 Å². The number of carbonyl (C=O) groups is 2. The van der Waals surface area contributed by atoms with Crippen molar-refractivity contribution in [2.24, 2.45) is 0 Å². The van der Waals surface area contributed by atoms with Crippen molar-refractivity contribution in [3.05, 3.63) is 64.4 Å². The molecule has 198 valence electrons. The van der Waals surface area contributed by atoms with Crippen molar-refractivity contribution in [2.75, 3.05) is 17.1 Å². The number of benzene rings is 2. The molecule has 2 atom stereocenters. The number of sulfonamides is 1. The maximum Gasteiger partial charge on any atom is 0.242 e. The first-order chi connectivity index (χ1) is 16.9. The van der Waals surface area contributed by atoms with Gasteiger partial charge in [0.05, 0.1) is 11.9 Å². The summed E-state index contributed by atoms with van der Waals surface area (Å²) >= 11 is 6.18. The third kappa shape index (κ3) is 7.93. The standard InChI is InChI=1S/C26H35ClFN3O4S/c1-6-18(2)29-26(33)20(4)30(17-21-11-7-8-13-23(21)28)25(32)15-10-16-31(36(5,34)35)24-14-9-12-22(27)19(24)3/h7-9,11-14,18,20H,6,10,15-17H2,1-5H3,(H,29,33)/t18-,20+/m0/s1. The van der Waals surface area contributed by atoms with Crippen LogP contribution in [0, 0.1) is 12.7 Å². The van der Waals surface area contributed by atoms with Crippen LogP contribution in [-0.2, 0) is 26.2 Å².